The monoisotopic (exact) mass is 356 g/mol. The highest BCUT2D eigenvalue weighted by molar-refractivity contribution is 6.05. The van der Waals surface area contributed by atoms with Gasteiger partial charge in [-0.2, -0.15) is 5.10 Å². The Morgan fingerprint density at radius 2 is 2.19 bits per heavy atom. The van der Waals surface area contributed by atoms with Crippen molar-refractivity contribution in [2.75, 3.05) is 18.1 Å². The Kier molecular flexibility index (Phi) is 4.19. The smallest absolute Gasteiger partial charge is 0.229 e. The lowest BCUT2D eigenvalue weighted by Gasteiger charge is -2.36. The molecule has 0 bridgehead atoms. The van der Waals surface area contributed by atoms with Crippen LogP contribution in [0.3, 0.4) is 0 Å². The van der Waals surface area contributed by atoms with Gasteiger partial charge in [-0.15, -0.1) is 0 Å². The van der Waals surface area contributed by atoms with Crippen LogP contribution in [0.15, 0.2) is 24.3 Å². The standard InChI is InChI=1S/C19H24N4O3/c1-19(2)10-13(7-8-26-19)20-18(25)12-9-16(24)23(11-12)17-14-5-3-4-6-15(14)21-22-17/h3-6,12-13H,7-11H2,1-2H3,(H,20,25)(H,21,22)/t12-,13+/m1/s1. The molecule has 2 aliphatic heterocycles. The molecule has 2 atom stereocenters. The number of ether oxygens (including phenoxy) is 1. The Bertz CT molecular complexity index is 844. The molecule has 0 spiro atoms. The minimum Gasteiger partial charge on any atom is -0.375 e. The summed E-state index contributed by atoms with van der Waals surface area (Å²) in [7, 11) is 0. The Labute approximate surface area is 152 Å². The Morgan fingerprint density at radius 3 is 3.00 bits per heavy atom. The largest absolute Gasteiger partial charge is 0.375 e. The number of para-hydroxylation sites is 1. The first-order chi connectivity index (χ1) is 12.4. The molecule has 4 rings (SSSR count). The minimum absolute atomic E-state index is 0.0524. The summed E-state index contributed by atoms with van der Waals surface area (Å²) in [5.74, 6) is 0.148. The zero-order chi connectivity index (χ0) is 18.3. The lowest BCUT2D eigenvalue weighted by molar-refractivity contribution is -0.128. The lowest BCUT2D eigenvalue weighted by Crippen LogP contribution is -2.47. The maximum Gasteiger partial charge on any atom is 0.229 e. The molecule has 138 valence electrons. The van der Waals surface area contributed by atoms with Gasteiger partial charge in [0.1, 0.15) is 0 Å². The molecule has 2 saturated heterocycles. The van der Waals surface area contributed by atoms with Gasteiger partial charge in [0, 0.05) is 31.0 Å². The van der Waals surface area contributed by atoms with E-state index in [-0.39, 0.29) is 35.8 Å². The fraction of sp³-hybridized carbons (Fsp3) is 0.526. The summed E-state index contributed by atoms with van der Waals surface area (Å²) in [4.78, 5) is 26.8. The predicted molar refractivity (Wildman–Crippen MR) is 97.7 cm³/mol. The van der Waals surface area contributed by atoms with Crippen LogP contribution in [0, 0.1) is 5.92 Å². The zero-order valence-electron chi connectivity index (χ0n) is 15.1. The van der Waals surface area contributed by atoms with Crippen LogP contribution in [0.5, 0.6) is 0 Å². The van der Waals surface area contributed by atoms with Gasteiger partial charge in [0.15, 0.2) is 5.82 Å². The van der Waals surface area contributed by atoms with E-state index in [9.17, 15) is 9.59 Å². The molecule has 2 aromatic rings. The average molecular weight is 356 g/mol. The van der Waals surface area contributed by atoms with Crippen molar-refractivity contribution >= 4 is 28.5 Å². The van der Waals surface area contributed by atoms with Gasteiger partial charge in [0.05, 0.1) is 17.0 Å². The van der Waals surface area contributed by atoms with Gasteiger partial charge in [-0.1, -0.05) is 12.1 Å². The van der Waals surface area contributed by atoms with E-state index >= 15 is 0 Å². The van der Waals surface area contributed by atoms with Crippen LogP contribution in [0.1, 0.15) is 33.1 Å². The second-order valence-electron chi connectivity index (χ2n) is 7.80. The van der Waals surface area contributed by atoms with Crippen molar-refractivity contribution in [1.82, 2.24) is 15.5 Å². The topological polar surface area (TPSA) is 87.3 Å². The first-order valence-corrected chi connectivity index (χ1v) is 9.11. The maximum atomic E-state index is 12.7. The molecule has 2 amide bonds. The highest BCUT2D eigenvalue weighted by atomic mass is 16.5. The first kappa shape index (κ1) is 17.0. The fourth-order valence-electron chi connectivity index (χ4n) is 3.92. The van der Waals surface area contributed by atoms with E-state index in [0.717, 1.165) is 23.7 Å². The van der Waals surface area contributed by atoms with E-state index in [4.69, 9.17) is 4.74 Å². The van der Waals surface area contributed by atoms with Gasteiger partial charge in [0.25, 0.3) is 0 Å². The molecule has 1 aromatic heterocycles. The van der Waals surface area contributed by atoms with Crippen molar-refractivity contribution in [2.24, 2.45) is 5.92 Å². The van der Waals surface area contributed by atoms with Crippen LogP contribution in [0.2, 0.25) is 0 Å². The van der Waals surface area contributed by atoms with E-state index < -0.39 is 0 Å². The summed E-state index contributed by atoms with van der Waals surface area (Å²) in [5, 5.41) is 11.2. The van der Waals surface area contributed by atoms with Crippen LogP contribution >= 0.6 is 0 Å². The molecule has 7 nitrogen and oxygen atoms in total. The molecule has 0 unspecified atom stereocenters. The van der Waals surface area contributed by atoms with E-state index in [1.807, 2.05) is 38.1 Å². The van der Waals surface area contributed by atoms with Crippen LogP contribution in [-0.2, 0) is 14.3 Å². The summed E-state index contributed by atoms with van der Waals surface area (Å²) in [6, 6.07) is 7.78. The normalized spacial score (nSPS) is 25.6. The van der Waals surface area contributed by atoms with E-state index in [0.29, 0.717) is 19.0 Å². The number of amides is 2. The first-order valence-electron chi connectivity index (χ1n) is 9.11. The molecule has 2 fully saturated rings. The number of hydrogen-bond acceptors (Lipinski definition) is 4. The second kappa shape index (κ2) is 6.39. The number of benzene rings is 1. The van der Waals surface area contributed by atoms with Crippen molar-refractivity contribution in [3.05, 3.63) is 24.3 Å². The predicted octanol–water partition coefficient (Wildman–Crippen LogP) is 1.99. The molecule has 2 N–H and O–H groups in total. The van der Waals surface area contributed by atoms with Gasteiger partial charge in [-0.05, 0) is 38.8 Å². The molecule has 26 heavy (non-hydrogen) atoms. The fourth-order valence-corrected chi connectivity index (χ4v) is 3.92. The minimum atomic E-state index is -0.344. The molecule has 2 aliphatic rings. The Hall–Kier alpha value is -2.41. The van der Waals surface area contributed by atoms with Gasteiger partial charge in [0.2, 0.25) is 11.8 Å². The van der Waals surface area contributed by atoms with Crippen molar-refractivity contribution in [3.63, 3.8) is 0 Å². The lowest BCUT2D eigenvalue weighted by atomic mass is 9.93. The number of fused-ring (bicyclic) bond motifs is 1. The molecule has 7 heteroatoms. The number of aromatic amines is 1. The summed E-state index contributed by atoms with van der Waals surface area (Å²) in [6.45, 7) is 5.09. The Morgan fingerprint density at radius 1 is 1.38 bits per heavy atom. The van der Waals surface area contributed by atoms with Gasteiger partial charge in [-0.3, -0.25) is 19.6 Å². The summed E-state index contributed by atoms with van der Waals surface area (Å²) in [5.41, 5.74) is 0.662. The van der Waals surface area contributed by atoms with E-state index in [1.54, 1.807) is 4.90 Å². The SMILES string of the molecule is CC1(C)C[C@@H](NC(=O)[C@@H]2CC(=O)N(c3n[nH]c4ccccc34)C2)CCO1. The molecular weight excluding hydrogens is 332 g/mol. The zero-order valence-corrected chi connectivity index (χ0v) is 15.1. The number of carbonyl (C=O) groups is 2. The molecule has 0 saturated carbocycles. The third-order valence-electron chi connectivity index (χ3n) is 5.25. The number of hydrogen-bond donors (Lipinski definition) is 2. The van der Waals surface area contributed by atoms with Crippen LogP contribution < -0.4 is 10.2 Å². The molecule has 3 heterocycles. The highest BCUT2D eigenvalue weighted by Crippen LogP contribution is 2.30. The number of carbonyl (C=O) groups excluding carboxylic acids is 2. The number of nitrogens with one attached hydrogen (secondary N) is 2. The van der Waals surface area contributed by atoms with Crippen molar-refractivity contribution in [2.45, 2.75) is 44.8 Å². The third-order valence-corrected chi connectivity index (χ3v) is 5.25. The third kappa shape index (κ3) is 3.19. The van der Waals surface area contributed by atoms with Crippen molar-refractivity contribution in [1.29, 1.82) is 0 Å². The van der Waals surface area contributed by atoms with E-state index in [1.165, 1.54) is 0 Å². The average Bonchev–Trinajstić information content (AvgIpc) is 3.17. The summed E-state index contributed by atoms with van der Waals surface area (Å²) in [6.07, 6.45) is 1.82. The summed E-state index contributed by atoms with van der Waals surface area (Å²) >= 11 is 0. The van der Waals surface area contributed by atoms with Crippen LogP contribution in [0.25, 0.3) is 10.9 Å². The number of anilines is 1. The van der Waals surface area contributed by atoms with Crippen molar-refractivity contribution < 1.29 is 14.3 Å². The molecule has 1 aromatic carbocycles. The quantitative estimate of drug-likeness (QED) is 0.880. The van der Waals surface area contributed by atoms with Crippen LogP contribution in [-0.4, -0.2) is 46.8 Å². The maximum absolute atomic E-state index is 12.7. The number of nitrogens with zero attached hydrogens (tertiary/aromatic N) is 2. The van der Waals surface area contributed by atoms with Gasteiger partial charge >= 0.3 is 0 Å². The van der Waals surface area contributed by atoms with E-state index in [2.05, 4.69) is 15.5 Å². The molecule has 0 aliphatic carbocycles. The Balaban J connectivity index is 1.45. The number of H-pyrrole nitrogens is 1. The highest BCUT2D eigenvalue weighted by Gasteiger charge is 2.38. The van der Waals surface area contributed by atoms with Crippen LogP contribution in [0.4, 0.5) is 5.82 Å². The number of rotatable bonds is 3. The van der Waals surface area contributed by atoms with Gasteiger partial charge < -0.3 is 10.1 Å². The van der Waals surface area contributed by atoms with Crippen molar-refractivity contribution in [3.8, 4) is 0 Å². The molecular formula is C19H24N4O3. The second-order valence-corrected chi connectivity index (χ2v) is 7.80. The number of aromatic nitrogens is 2. The van der Waals surface area contributed by atoms with Gasteiger partial charge in [-0.25, -0.2) is 0 Å². The molecule has 0 radical (unpaired) electrons. The summed E-state index contributed by atoms with van der Waals surface area (Å²) < 4.78 is 5.70.